The Labute approximate surface area is 697 Å². The van der Waals surface area contributed by atoms with Crippen molar-refractivity contribution in [3.8, 4) is 0 Å². The molecule has 8 heterocycles. The number of thiol groups is 4. The molecule has 0 aromatic rings. The van der Waals surface area contributed by atoms with Crippen molar-refractivity contribution in [3.05, 3.63) is 0 Å². The molecule has 8 fully saturated rings. The fourth-order valence-corrected chi connectivity index (χ4v) is 14.9. The number of hydrogen-bond acceptors (Lipinski definition) is 44. The van der Waals surface area contributed by atoms with Crippen molar-refractivity contribution < 1.29 is 198 Å². The first kappa shape index (κ1) is 106. The van der Waals surface area contributed by atoms with Gasteiger partial charge in [0, 0.05) is 49.4 Å². The van der Waals surface area contributed by atoms with Crippen molar-refractivity contribution in [1.82, 2.24) is 0 Å². The monoisotopic (exact) mass is 1770 g/mol. The summed E-state index contributed by atoms with van der Waals surface area (Å²) in [5.41, 5.74) is 0. The first-order chi connectivity index (χ1) is 55.4. The lowest BCUT2D eigenvalue weighted by Crippen LogP contribution is -2.64. The summed E-state index contributed by atoms with van der Waals surface area (Å²) in [5.74, 6) is 0.200. The first-order valence-electron chi connectivity index (χ1n) is 40.2. The van der Waals surface area contributed by atoms with Crippen LogP contribution in [0.5, 0.6) is 0 Å². The zero-order valence-corrected chi connectivity index (χ0v) is 69.5. The van der Waals surface area contributed by atoms with Gasteiger partial charge in [-0.15, -0.1) is 0 Å². The normalized spacial score (nSPS) is 43.4. The fourth-order valence-electron chi connectivity index (χ4n) is 13.7. The summed E-state index contributed by atoms with van der Waals surface area (Å²) < 4.78 is 88.1. The van der Waals surface area contributed by atoms with Gasteiger partial charge >= 0.3 is 0 Å². The van der Waals surface area contributed by atoms with Gasteiger partial charge in [0.15, 0.2) is 50.3 Å². The highest BCUT2D eigenvalue weighted by atomic mass is 32.1. The van der Waals surface area contributed by atoms with E-state index in [9.17, 15) is 123 Å². The van der Waals surface area contributed by atoms with E-state index >= 15 is 0 Å². The third kappa shape index (κ3) is 30.0. The highest BCUT2D eigenvalue weighted by Gasteiger charge is 2.56. The first-order valence-corrected chi connectivity index (χ1v) is 42.7. The number of ether oxygens (including phenoxy) is 16. The topological polar surface area (TPSA) is 633 Å². The molecule has 0 amide bonds. The molecule has 0 aromatic heterocycles. The maximum Gasteiger partial charge on any atom is 0.187 e. The van der Waals surface area contributed by atoms with Crippen molar-refractivity contribution in [1.29, 1.82) is 0 Å². The largest absolute Gasteiger partial charge is 0.394 e. The van der Waals surface area contributed by atoms with Crippen LogP contribution < -0.4 is 0 Å². The second-order valence-electron chi connectivity index (χ2n) is 29.7. The van der Waals surface area contributed by atoms with Crippen LogP contribution in [-0.2, 0) is 75.8 Å². The van der Waals surface area contributed by atoms with E-state index in [-0.39, 0.29) is 23.0 Å². The van der Waals surface area contributed by atoms with Crippen LogP contribution in [0, 0.1) is 0 Å². The zero-order chi connectivity index (χ0) is 86.2. The van der Waals surface area contributed by atoms with Gasteiger partial charge in [0.05, 0.1) is 50.8 Å². The van der Waals surface area contributed by atoms with Crippen molar-refractivity contribution in [3.63, 3.8) is 0 Å². The van der Waals surface area contributed by atoms with Gasteiger partial charge in [-0.3, -0.25) is 0 Å². The Morgan fingerprint density at radius 3 is 0.517 bits per heavy atom. The molecule has 40 atom stereocenters. The quantitative estimate of drug-likeness (QED) is 0.0200. The minimum absolute atomic E-state index is 0.0501. The number of aliphatic hydroxyl groups is 24. The molecule has 16 unspecified atom stereocenters. The van der Waals surface area contributed by atoms with E-state index in [0.29, 0.717) is 26.4 Å². The Hall–Kier alpha value is -0.200. The standard InChI is InChI=1S/4C18H34O10S/c4*1-2-3-4-5-6-25-17-15(24)13(22)16(9(7-19)26-17)28-18-14(23)12(21)11(20)10(8-29)27-18/h4*9-24,29H,2-8H2,1H3/t9?,10?,11-,12-,13+,14?,15?,16+,17+,18-;9?,10?,11-,12-,13+,14?,15?,16+,17-,18-;9?,10?,11-,12-,13+,14?,15?,16-,17+,18-;9?,10?,11-,12-,13+,14?,15?,16-,17-,18-/m0000/s1. The molecule has 116 heavy (non-hydrogen) atoms. The molecule has 0 spiro atoms. The molecule has 8 aliphatic heterocycles. The van der Waals surface area contributed by atoms with Crippen LogP contribution in [0.4, 0.5) is 0 Å². The lowest BCUT2D eigenvalue weighted by atomic mass is 9.97. The summed E-state index contributed by atoms with van der Waals surface area (Å²) in [6, 6.07) is 0. The van der Waals surface area contributed by atoms with Crippen LogP contribution in [0.1, 0.15) is 130 Å². The van der Waals surface area contributed by atoms with Gasteiger partial charge in [-0.1, -0.05) is 105 Å². The average molecular weight is 1770 g/mol. The zero-order valence-electron chi connectivity index (χ0n) is 65.9. The summed E-state index contributed by atoms with van der Waals surface area (Å²) in [4.78, 5) is 0. The third-order valence-electron chi connectivity index (χ3n) is 21.0. The molecular formula is C72H136O40S4. The Balaban J connectivity index is 0.000000276. The molecule has 8 saturated heterocycles. The van der Waals surface area contributed by atoms with E-state index in [1.807, 2.05) is 0 Å². The minimum Gasteiger partial charge on any atom is -0.394 e. The van der Waals surface area contributed by atoms with Crippen molar-refractivity contribution in [2.45, 2.75) is 376 Å². The Kier molecular flexibility index (Phi) is 50.8. The van der Waals surface area contributed by atoms with Crippen LogP contribution in [0.25, 0.3) is 0 Å². The van der Waals surface area contributed by atoms with Crippen LogP contribution in [0.15, 0.2) is 0 Å². The molecule has 0 saturated carbocycles. The van der Waals surface area contributed by atoms with Crippen molar-refractivity contribution in [2.75, 3.05) is 75.9 Å². The Bertz CT molecular complexity index is 2200. The molecule has 0 radical (unpaired) electrons. The van der Waals surface area contributed by atoms with Gasteiger partial charge in [-0.05, 0) is 25.7 Å². The van der Waals surface area contributed by atoms with E-state index in [2.05, 4.69) is 78.2 Å². The van der Waals surface area contributed by atoms with Gasteiger partial charge in [-0.2, -0.15) is 50.5 Å². The van der Waals surface area contributed by atoms with E-state index < -0.39 is 272 Å². The number of aliphatic hydroxyl groups excluding tert-OH is 24. The molecular weight excluding hydrogens is 1630 g/mol. The Morgan fingerprint density at radius 1 is 0.198 bits per heavy atom. The van der Waals surface area contributed by atoms with Crippen LogP contribution in [0.3, 0.4) is 0 Å². The molecule has 24 N–H and O–H groups in total. The lowest BCUT2D eigenvalue weighted by molar-refractivity contribution is -0.356. The van der Waals surface area contributed by atoms with Crippen LogP contribution in [-0.4, -0.2) is 444 Å². The molecule has 8 aliphatic rings. The highest BCUT2D eigenvalue weighted by Crippen LogP contribution is 2.36. The summed E-state index contributed by atoms with van der Waals surface area (Å²) in [7, 11) is 0. The second-order valence-corrected chi connectivity index (χ2v) is 31.2. The van der Waals surface area contributed by atoms with E-state index in [1.165, 1.54) is 0 Å². The predicted octanol–water partition coefficient (Wildman–Crippen LogP) is -7.42. The minimum atomic E-state index is -1.61. The van der Waals surface area contributed by atoms with E-state index in [1.54, 1.807) is 0 Å². The summed E-state index contributed by atoms with van der Waals surface area (Å²) >= 11 is 16.1. The predicted molar refractivity (Wildman–Crippen MR) is 413 cm³/mol. The van der Waals surface area contributed by atoms with E-state index in [0.717, 1.165) is 103 Å². The third-order valence-corrected chi connectivity index (χ3v) is 22.4. The number of rotatable bonds is 40. The molecule has 44 heteroatoms. The molecule has 0 aromatic carbocycles. The maximum atomic E-state index is 10.5. The summed E-state index contributed by atoms with van der Waals surface area (Å²) in [6.07, 6.45) is -37.7. The highest BCUT2D eigenvalue weighted by molar-refractivity contribution is 7.80. The average Bonchev–Trinajstić information content (AvgIpc) is 0.798. The van der Waals surface area contributed by atoms with Gasteiger partial charge in [0.1, 0.15) is 171 Å². The number of hydrogen-bond donors (Lipinski definition) is 28. The van der Waals surface area contributed by atoms with Crippen molar-refractivity contribution >= 4 is 50.5 Å². The van der Waals surface area contributed by atoms with Crippen LogP contribution in [0.2, 0.25) is 0 Å². The second kappa shape index (κ2) is 55.4. The van der Waals surface area contributed by atoms with Crippen LogP contribution >= 0.6 is 50.5 Å². The summed E-state index contributed by atoms with van der Waals surface area (Å²) in [6.45, 7) is 7.47. The molecule has 0 bridgehead atoms. The SMILES string of the molecule is CCCCCCO[C@@H]1OC(CO)[C@@H](O[C@@H]2OC(CS)[C@H](O)[C@H](O)C2O)[C@H](O)C1O.CCCCCCO[C@@H]1OC(CO)[C@H](O[C@@H]2OC(CS)[C@H](O)[C@H](O)C2O)[C@H](O)C1O.CCCCCCO[C@H]1OC(CO)[C@@H](O[C@@H]2OC(CS)[C@H](O)[C@H](O)C2O)[C@H](O)C1O.CCCCCCO[C@H]1OC(CO)[C@H](O[C@@H]2OC(CS)[C@H](O)[C@H](O)C2O)[C@H](O)C1O. The van der Waals surface area contributed by atoms with Gasteiger partial charge in [0.25, 0.3) is 0 Å². The molecule has 0 aliphatic carbocycles. The van der Waals surface area contributed by atoms with E-state index in [4.69, 9.17) is 75.8 Å². The fraction of sp³-hybridized carbons (Fsp3) is 1.00. The Morgan fingerprint density at radius 2 is 0.362 bits per heavy atom. The van der Waals surface area contributed by atoms with Crippen molar-refractivity contribution in [2.24, 2.45) is 0 Å². The summed E-state index contributed by atoms with van der Waals surface area (Å²) in [5, 5.41) is 242. The molecule has 8 rings (SSSR count). The van der Waals surface area contributed by atoms with Gasteiger partial charge in [0.2, 0.25) is 0 Å². The van der Waals surface area contributed by atoms with Gasteiger partial charge < -0.3 is 198 Å². The van der Waals surface area contributed by atoms with Gasteiger partial charge in [-0.25, -0.2) is 0 Å². The smallest absolute Gasteiger partial charge is 0.187 e. The molecule has 688 valence electrons. The molecule has 40 nitrogen and oxygen atoms in total. The lowest BCUT2D eigenvalue weighted by Gasteiger charge is -2.46. The number of unbranched alkanes of at least 4 members (excludes halogenated alkanes) is 12. The maximum absolute atomic E-state index is 10.5.